The number of rotatable bonds is 26. The molecule has 0 saturated heterocycles. The van der Waals surface area contributed by atoms with Crippen LogP contribution in [0.3, 0.4) is 0 Å². The van der Waals surface area contributed by atoms with Crippen LogP contribution in [0.2, 0.25) is 25.7 Å². The standard InChI is InChI=1S/C48H68FN9O4S2Si/c1-10-56(11-2)29-26-50-25-15-12-16-28-57(43-33-36(3)45(54-53-43)52-48-58(35-61-31-32-65(7,8)9)39-20-13-14-21-41(39)63-48)47-51-44(46(59)60-6)42(64-47)22-18-30-62-40-24-23-37(34-38(40)49)19-17-27-55(4)5/h13-14,20-21,23-24,33-34,50H,10-12,15-16,18,22,25-32,35H2,1-9H3/b52-48-. The van der Waals surface area contributed by atoms with Crippen LogP contribution in [0.15, 0.2) is 53.5 Å². The Hall–Kier alpha value is -4.54. The van der Waals surface area contributed by atoms with Crippen LogP contribution in [-0.4, -0.2) is 124 Å². The molecule has 0 aliphatic heterocycles. The van der Waals surface area contributed by atoms with Crippen molar-refractivity contribution in [3.8, 4) is 17.6 Å². The number of unbranched alkanes of at least 4 members (excludes halogenated alkanes) is 2. The monoisotopic (exact) mass is 945 g/mol. The van der Waals surface area contributed by atoms with Crippen LogP contribution in [0.25, 0.3) is 10.2 Å². The number of benzene rings is 2. The number of likely N-dealkylation sites (N-methyl/N-ethyl adjacent to an activating group) is 1. The number of thiazole rings is 2. The molecule has 2 aromatic carbocycles. The molecule has 1 N–H and O–H groups in total. The summed E-state index contributed by atoms with van der Waals surface area (Å²) in [4.78, 5) is 31.0. The number of aryl methyl sites for hydroxylation is 2. The van der Waals surface area contributed by atoms with E-state index in [9.17, 15) is 9.18 Å². The largest absolute Gasteiger partial charge is 0.491 e. The van der Waals surface area contributed by atoms with Crippen molar-refractivity contribution in [2.75, 3.05) is 85.1 Å². The lowest BCUT2D eigenvalue weighted by molar-refractivity contribution is 0.0593. The third kappa shape index (κ3) is 16.1. The number of para-hydroxylation sites is 1. The molecule has 0 radical (unpaired) electrons. The minimum absolute atomic E-state index is 0.156. The van der Waals surface area contributed by atoms with Gasteiger partial charge in [0.2, 0.25) is 0 Å². The molecule has 17 heteroatoms. The summed E-state index contributed by atoms with van der Waals surface area (Å²) in [7, 11) is 3.98. The number of hydrogen-bond acceptors (Lipinski definition) is 14. The number of halogens is 1. The quantitative estimate of drug-likeness (QED) is 0.0248. The van der Waals surface area contributed by atoms with E-state index in [0.717, 1.165) is 83.5 Å². The van der Waals surface area contributed by atoms with Crippen LogP contribution in [0.4, 0.5) is 21.2 Å². The fourth-order valence-corrected chi connectivity index (χ4v) is 9.66. The van der Waals surface area contributed by atoms with E-state index in [1.807, 2.05) is 49.0 Å². The third-order valence-electron chi connectivity index (χ3n) is 10.6. The number of carbonyl (C=O) groups excluding carboxylic acids is 1. The fourth-order valence-electron chi connectivity index (χ4n) is 6.76. The van der Waals surface area contributed by atoms with Crippen LogP contribution in [0.5, 0.6) is 5.75 Å². The Morgan fingerprint density at radius 3 is 2.49 bits per heavy atom. The Morgan fingerprint density at radius 2 is 1.77 bits per heavy atom. The minimum Gasteiger partial charge on any atom is -0.491 e. The molecule has 0 bridgehead atoms. The summed E-state index contributed by atoms with van der Waals surface area (Å²) in [6, 6.07) is 16.1. The third-order valence-corrected chi connectivity index (χ3v) is 14.5. The highest BCUT2D eigenvalue weighted by Gasteiger charge is 2.24. The maximum Gasteiger partial charge on any atom is 0.357 e. The smallest absolute Gasteiger partial charge is 0.357 e. The van der Waals surface area contributed by atoms with Crippen LogP contribution >= 0.6 is 22.7 Å². The Labute approximate surface area is 394 Å². The van der Waals surface area contributed by atoms with Crippen molar-refractivity contribution in [1.82, 2.24) is 34.9 Å². The molecule has 3 heterocycles. The van der Waals surface area contributed by atoms with Gasteiger partial charge in [0.15, 0.2) is 38.8 Å². The van der Waals surface area contributed by atoms with Gasteiger partial charge < -0.3 is 29.3 Å². The second kappa shape index (κ2) is 26.0. The summed E-state index contributed by atoms with van der Waals surface area (Å²) >= 11 is 3.02. The predicted octanol–water partition coefficient (Wildman–Crippen LogP) is 8.89. The molecule has 5 aromatic rings. The number of fused-ring (bicyclic) bond motifs is 1. The highest BCUT2D eigenvalue weighted by Crippen LogP contribution is 2.34. The van der Waals surface area contributed by atoms with Crippen molar-refractivity contribution in [2.45, 2.75) is 85.3 Å². The number of carbonyl (C=O) groups is 1. The van der Waals surface area contributed by atoms with E-state index in [1.165, 1.54) is 24.5 Å². The van der Waals surface area contributed by atoms with Crippen LogP contribution in [0, 0.1) is 24.6 Å². The first-order valence-electron chi connectivity index (χ1n) is 22.7. The first-order valence-corrected chi connectivity index (χ1v) is 28.0. The van der Waals surface area contributed by atoms with Gasteiger partial charge in [-0.3, -0.25) is 9.47 Å². The van der Waals surface area contributed by atoms with Gasteiger partial charge in [0.05, 0.1) is 30.5 Å². The second-order valence-electron chi connectivity index (χ2n) is 17.3. The van der Waals surface area contributed by atoms with Crippen molar-refractivity contribution in [3.63, 3.8) is 0 Å². The van der Waals surface area contributed by atoms with E-state index in [-0.39, 0.29) is 18.1 Å². The van der Waals surface area contributed by atoms with Gasteiger partial charge in [-0.15, -0.1) is 21.5 Å². The van der Waals surface area contributed by atoms with Gasteiger partial charge in [0.25, 0.3) is 0 Å². The van der Waals surface area contributed by atoms with Gasteiger partial charge in [-0.1, -0.05) is 75.2 Å². The highest BCUT2D eigenvalue weighted by atomic mass is 32.1. The lowest BCUT2D eigenvalue weighted by Gasteiger charge is -2.21. The average molecular weight is 946 g/mol. The molecule has 5 rings (SSSR count). The topological polar surface area (TPSA) is 122 Å². The normalized spacial score (nSPS) is 12.0. The van der Waals surface area contributed by atoms with E-state index in [2.05, 4.69) is 77.3 Å². The number of esters is 1. The van der Waals surface area contributed by atoms with E-state index < -0.39 is 19.9 Å². The maximum atomic E-state index is 14.9. The van der Waals surface area contributed by atoms with E-state index >= 15 is 0 Å². The predicted molar refractivity (Wildman–Crippen MR) is 267 cm³/mol. The van der Waals surface area contributed by atoms with Crippen molar-refractivity contribution in [3.05, 3.63) is 80.8 Å². The number of nitrogens with one attached hydrogen (secondary N) is 1. The lowest BCUT2D eigenvalue weighted by atomic mass is 10.2. The van der Waals surface area contributed by atoms with Crippen molar-refractivity contribution in [1.29, 1.82) is 0 Å². The van der Waals surface area contributed by atoms with Gasteiger partial charge in [0, 0.05) is 44.8 Å². The molecule has 13 nitrogen and oxygen atoms in total. The average Bonchev–Trinajstić information content (AvgIpc) is 3.86. The summed E-state index contributed by atoms with van der Waals surface area (Å²) in [6.45, 7) is 21.0. The molecule has 3 aromatic heterocycles. The van der Waals surface area contributed by atoms with Crippen molar-refractivity contribution in [2.24, 2.45) is 4.99 Å². The fraction of sp³-hybridized carbons (Fsp3) is 0.521. The van der Waals surface area contributed by atoms with Crippen molar-refractivity contribution >= 4 is 63.7 Å². The molecule has 0 unspecified atom stereocenters. The van der Waals surface area contributed by atoms with E-state index in [1.54, 1.807) is 23.5 Å². The molecule has 0 fully saturated rings. The van der Waals surface area contributed by atoms with Crippen LogP contribution in [0.1, 0.15) is 66.0 Å². The highest BCUT2D eigenvalue weighted by molar-refractivity contribution is 7.16. The summed E-state index contributed by atoms with van der Waals surface area (Å²) in [5.74, 6) is 6.30. The van der Waals surface area contributed by atoms with Gasteiger partial charge >= 0.3 is 5.97 Å². The zero-order valence-corrected chi connectivity index (χ0v) is 42.5. The van der Waals surface area contributed by atoms with E-state index in [4.69, 9.17) is 29.3 Å². The molecule has 0 aliphatic rings. The minimum atomic E-state index is -1.25. The first kappa shape index (κ1) is 51.4. The number of anilines is 2. The van der Waals surface area contributed by atoms with Gasteiger partial charge in [-0.2, -0.15) is 4.99 Å². The Bertz CT molecular complexity index is 2420. The molecule has 65 heavy (non-hydrogen) atoms. The molecule has 0 spiro atoms. The molecule has 0 atom stereocenters. The Morgan fingerprint density at radius 1 is 0.969 bits per heavy atom. The summed E-state index contributed by atoms with van der Waals surface area (Å²) < 4.78 is 35.4. The van der Waals surface area contributed by atoms with Gasteiger partial charge in [0.1, 0.15) is 6.73 Å². The molecular formula is C48H68FN9O4S2Si. The summed E-state index contributed by atoms with van der Waals surface area (Å²) in [5.41, 5.74) is 2.75. The number of ether oxygens (including phenoxy) is 3. The van der Waals surface area contributed by atoms with Gasteiger partial charge in [-0.25, -0.2) is 14.2 Å². The number of nitrogens with zero attached hydrogens (tertiary/aromatic N) is 8. The van der Waals surface area contributed by atoms with Crippen LogP contribution in [-0.2, 0) is 22.6 Å². The molecular weight excluding hydrogens is 878 g/mol. The Kier molecular flexibility index (Phi) is 20.5. The number of methoxy groups -OCH3 is 1. The van der Waals surface area contributed by atoms with Crippen LogP contribution < -0.4 is 19.8 Å². The SMILES string of the molecule is CCN(CC)CCNCCCCCN(c1cc(C)c(/N=c2\sc3ccccc3n2COCC[Si](C)(C)C)nn1)c1nc(C(=O)OC)c(CCCOc2ccc(C#CCN(C)C)cc2F)s1. The molecule has 352 valence electrons. The summed E-state index contributed by atoms with van der Waals surface area (Å²) in [6.07, 6.45) is 3.87. The van der Waals surface area contributed by atoms with E-state index in [0.29, 0.717) is 61.6 Å². The Balaban J connectivity index is 1.36. The molecule has 0 saturated carbocycles. The zero-order chi connectivity index (χ0) is 46.8. The zero-order valence-electron chi connectivity index (χ0n) is 39.8. The second-order valence-corrected chi connectivity index (χ2v) is 25.0. The molecule has 0 aliphatic carbocycles. The number of hydrogen-bond donors (Lipinski definition) is 1. The maximum absolute atomic E-state index is 14.9. The number of aromatic nitrogens is 4. The lowest BCUT2D eigenvalue weighted by Crippen LogP contribution is -2.32. The van der Waals surface area contributed by atoms with Crippen molar-refractivity contribution < 1.29 is 23.4 Å². The molecule has 0 amide bonds. The summed E-state index contributed by atoms with van der Waals surface area (Å²) in [5, 5.41) is 13.6. The first-order chi connectivity index (χ1) is 31.3. The van der Waals surface area contributed by atoms with Gasteiger partial charge in [-0.05, 0) is 114 Å².